The van der Waals surface area contributed by atoms with Crippen molar-refractivity contribution in [2.75, 3.05) is 0 Å². The fourth-order valence-corrected chi connectivity index (χ4v) is 1.91. The highest BCUT2D eigenvalue weighted by Gasteiger charge is 2.32. The summed E-state index contributed by atoms with van der Waals surface area (Å²) >= 11 is 0. The Hall–Kier alpha value is -2.56. The van der Waals surface area contributed by atoms with Crippen molar-refractivity contribution >= 4 is 11.9 Å². The van der Waals surface area contributed by atoms with Gasteiger partial charge in [0.2, 0.25) is 0 Å². The van der Waals surface area contributed by atoms with Crippen molar-refractivity contribution in [3.8, 4) is 5.69 Å². The first-order chi connectivity index (χ1) is 9.96. The van der Waals surface area contributed by atoms with Crippen LogP contribution >= 0.6 is 0 Å². The summed E-state index contributed by atoms with van der Waals surface area (Å²) in [6.45, 7) is 3.23. The Morgan fingerprint density at radius 3 is 2.24 bits per heavy atom. The van der Waals surface area contributed by atoms with Crippen molar-refractivity contribution in [2.45, 2.75) is 25.8 Å². The van der Waals surface area contributed by atoms with Crippen LogP contribution in [0.1, 0.15) is 30.6 Å². The predicted octanol–water partition coefficient (Wildman–Crippen LogP) is 2.46. The zero-order valence-electron chi connectivity index (χ0n) is 12.0. The third-order valence-corrected chi connectivity index (χ3v) is 3.60. The molecule has 0 aliphatic heterocycles. The highest BCUT2D eigenvalue weighted by Crippen LogP contribution is 2.13. The fourth-order valence-electron chi connectivity index (χ4n) is 1.91. The van der Waals surface area contributed by atoms with Gasteiger partial charge in [-0.15, -0.1) is 0 Å². The molecule has 0 aliphatic carbocycles. The fraction of sp³-hybridized carbons (Fsp3) is 0.250. The Bertz CT molecular complexity index is 632. The van der Waals surface area contributed by atoms with Gasteiger partial charge in [-0.05, 0) is 49.7 Å². The van der Waals surface area contributed by atoms with Gasteiger partial charge >= 0.3 is 5.97 Å². The number of hydrogen-bond acceptors (Lipinski definition) is 2. The Labute approximate surface area is 123 Å². The number of carboxylic acids is 1. The molecule has 0 bridgehead atoms. The van der Waals surface area contributed by atoms with Crippen LogP contribution < -0.4 is 5.32 Å². The van der Waals surface area contributed by atoms with Crippen LogP contribution in [0.5, 0.6) is 0 Å². The summed E-state index contributed by atoms with van der Waals surface area (Å²) in [6.07, 6.45) is 4.14. The molecule has 1 atom stereocenters. The van der Waals surface area contributed by atoms with Gasteiger partial charge in [0.1, 0.15) is 5.54 Å². The van der Waals surface area contributed by atoms with Crippen LogP contribution in [0.2, 0.25) is 0 Å². The largest absolute Gasteiger partial charge is 0.480 e. The Balaban J connectivity index is 2.15. The van der Waals surface area contributed by atoms with Gasteiger partial charge in [0, 0.05) is 23.6 Å². The van der Waals surface area contributed by atoms with Crippen LogP contribution in [-0.4, -0.2) is 27.1 Å². The molecule has 0 fully saturated rings. The molecule has 1 amide bonds. The van der Waals surface area contributed by atoms with Gasteiger partial charge in [0.05, 0.1) is 0 Å². The first kappa shape index (κ1) is 14.8. The lowest BCUT2D eigenvalue weighted by atomic mass is 9.98. The van der Waals surface area contributed by atoms with E-state index in [4.69, 9.17) is 0 Å². The molecule has 5 nitrogen and oxygen atoms in total. The van der Waals surface area contributed by atoms with Crippen molar-refractivity contribution in [2.24, 2.45) is 0 Å². The molecule has 2 rings (SSSR count). The van der Waals surface area contributed by atoms with Gasteiger partial charge in [-0.2, -0.15) is 0 Å². The number of benzene rings is 1. The van der Waals surface area contributed by atoms with E-state index in [1.165, 1.54) is 6.92 Å². The van der Waals surface area contributed by atoms with Crippen LogP contribution in [0.25, 0.3) is 5.69 Å². The topological polar surface area (TPSA) is 71.3 Å². The molecule has 0 saturated carbocycles. The smallest absolute Gasteiger partial charge is 0.329 e. The van der Waals surface area contributed by atoms with Crippen LogP contribution in [-0.2, 0) is 4.79 Å². The molecule has 110 valence electrons. The number of carboxylic acid groups (broad SMARTS) is 1. The minimum atomic E-state index is -1.25. The van der Waals surface area contributed by atoms with Gasteiger partial charge in [0.25, 0.3) is 5.91 Å². The predicted molar refractivity (Wildman–Crippen MR) is 79.6 cm³/mol. The molecule has 2 aromatic rings. The number of nitrogens with one attached hydrogen (secondary N) is 1. The van der Waals surface area contributed by atoms with Crippen molar-refractivity contribution in [1.29, 1.82) is 0 Å². The third kappa shape index (κ3) is 3.13. The van der Waals surface area contributed by atoms with Crippen molar-refractivity contribution in [3.63, 3.8) is 0 Å². The SMILES string of the molecule is CCC(C)(NC(=O)c1ccc(-n2cccc2)cc1)C(=O)O. The molecule has 0 aliphatic rings. The molecule has 0 saturated heterocycles. The molecule has 1 aromatic carbocycles. The quantitative estimate of drug-likeness (QED) is 0.887. The van der Waals surface area contributed by atoms with Gasteiger partial charge in [-0.1, -0.05) is 6.92 Å². The van der Waals surface area contributed by atoms with E-state index in [9.17, 15) is 14.7 Å². The van der Waals surface area contributed by atoms with E-state index in [0.717, 1.165) is 5.69 Å². The second-order valence-corrected chi connectivity index (χ2v) is 5.08. The summed E-state index contributed by atoms with van der Waals surface area (Å²) < 4.78 is 1.93. The molecule has 1 aromatic heterocycles. The van der Waals surface area contributed by atoms with E-state index in [1.807, 2.05) is 41.2 Å². The monoisotopic (exact) mass is 286 g/mol. The number of amides is 1. The highest BCUT2D eigenvalue weighted by atomic mass is 16.4. The van der Waals surface area contributed by atoms with E-state index in [0.29, 0.717) is 12.0 Å². The maximum Gasteiger partial charge on any atom is 0.329 e. The van der Waals surface area contributed by atoms with E-state index in [2.05, 4.69) is 5.32 Å². The average molecular weight is 286 g/mol. The lowest BCUT2D eigenvalue weighted by Gasteiger charge is -2.24. The molecule has 1 heterocycles. The molecule has 1 unspecified atom stereocenters. The number of carbonyl (C=O) groups is 2. The molecular formula is C16H18N2O3. The van der Waals surface area contributed by atoms with E-state index in [-0.39, 0.29) is 5.91 Å². The maximum absolute atomic E-state index is 12.1. The molecule has 0 spiro atoms. The van der Waals surface area contributed by atoms with Gasteiger partial charge in [-0.3, -0.25) is 4.79 Å². The lowest BCUT2D eigenvalue weighted by Crippen LogP contribution is -2.51. The lowest BCUT2D eigenvalue weighted by molar-refractivity contribution is -0.143. The Morgan fingerprint density at radius 2 is 1.76 bits per heavy atom. The summed E-state index contributed by atoms with van der Waals surface area (Å²) in [5.74, 6) is -1.43. The van der Waals surface area contributed by atoms with Crippen molar-refractivity contribution in [1.82, 2.24) is 9.88 Å². The number of hydrogen-bond donors (Lipinski definition) is 2. The molecule has 5 heteroatoms. The van der Waals surface area contributed by atoms with Crippen LogP contribution in [0.4, 0.5) is 0 Å². The molecule has 2 N–H and O–H groups in total. The number of aliphatic carboxylic acids is 1. The van der Waals surface area contributed by atoms with Crippen molar-refractivity contribution < 1.29 is 14.7 Å². The number of nitrogens with zero attached hydrogens (tertiary/aromatic N) is 1. The number of rotatable bonds is 5. The molecular weight excluding hydrogens is 268 g/mol. The number of carbonyl (C=O) groups excluding carboxylic acids is 1. The molecule has 0 radical (unpaired) electrons. The van der Waals surface area contributed by atoms with E-state index in [1.54, 1.807) is 19.1 Å². The van der Waals surface area contributed by atoms with Crippen LogP contribution in [0, 0.1) is 0 Å². The average Bonchev–Trinajstić information content (AvgIpc) is 3.01. The summed E-state index contributed by atoms with van der Waals surface area (Å²) in [6, 6.07) is 10.8. The minimum Gasteiger partial charge on any atom is -0.480 e. The van der Waals surface area contributed by atoms with Crippen LogP contribution in [0.3, 0.4) is 0 Å². The first-order valence-electron chi connectivity index (χ1n) is 6.75. The normalized spacial score (nSPS) is 13.4. The van der Waals surface area contributed by atoms with E-state index < -0.39 is 11.5 Å². The standard InChI is InChI=1S/C16H18N2O3/c1-3-16(2,15(20)21)17-14(19)12-6-8-13(9-7-12)18-10-4-5-11-18/h4-11H,3H2,1-2H3,(H,17,19)(H,20,21). The summed E-state index contributed by atoms with van der Waals surface area (Å²) in [4.78, 5) is 23.4. The zero-order chi connectivity index (χ0) is 15.5. The van der Waals surface area contributed by atoms with Gasteiger partial charge in [0.15, 0.2) is 0 Å². The Kier molecular flexibility index (Phi) is 4.12. The van der Waals surface area contributed by atoms with Crippen molar-refractivity contribution in [3.05, 3.63) is 54.4 Å². The maximum atomic E-state index is 12.1. The first-order valence-corrected chi connectivity index (χ1v) is 6.75. The van der Waals surface area contributed by atoms with Crippen LogP contribution in [0.15, 0.2) is 48.8 Å². The van der Waals surface area contributed by atoms with Gasteiger partial charge < -0.3 is 15.0 Å². The summed E-state index contributed by atoms with van der Waals surface area (Å²) in [5.41, 5.74) is 0.121. The minimum absolute atomic E-state index is 0.315. The third-order valence-electron chi connectivity index (χ3n) is 3.60. The summed E-state index contributed by atoms with van der Waals surface area (Å²) in [5, 5.41) is 11.7. The van der Waals surface area contributed by atoms with Gasteiger partial charge in [-0.25, -0.2) is 4.79 Å². The second kappa shape index (κ2) is 5.83. The zero-order valence-corrected chi connectivity index (χ0v) is 12.0. The highest BCUT2D eigenvalue weighted by molar-refractivity contribution is 5.97. The summed E-state index contributed by atoms with van der Waals surface area (Å²) in [7, 11) is 0. The van der Waals surface area contributed by atoms with E-state index >= 15 is 0 Å². The number of aromatic nitrogens is 1. The Morgan fingerprint density at radius 1 is 1.19 bits per heavy atom. The second-order valence-electron chi connectivity index (χ2n) is 5.08. The molecule has 21 heavy (non-hydrogen) atoms.